The summed E-state index contributed by atoms with van der Waals surface area (Å²) in [5.41, 5.74) is 9.47. The average molecular weight is 198 g/mol. The first kappa shape index (κ1) is 12.4. The third kappa shape index (κ3) is 2.74. The molecule has 0 saturated heterocycles. The molecule has 0 aliphatic heterocycles. The molecule has 0 aliphatic rings. The number of hydrogen-bond acceptors (Lipinski definition) is 4. The van der Waals surface area contributed by atoms with Gasteiger partial charge in [0.25, 0.3) is 0 Å². The van der Waals surface area contributed by atoms with Crippen LogP contribution in [0.4, 0.5) is 0 Å². The maximum atomic E-state index is 5.60. The second kappa shape index (κ2) is 5.98. The number of hydrazine groups is 1. The van der Waals surface area contributed by atoms with Gasteiger partial charge >= 0.3 is 0 Å². The Kier molecular flexibility index (Phi) is 5.31. The Morgan fingerprint density at radius 2 is 2.14 bits per heavy atom. The number of aromatic nitrogens is 2. The molecule has 0 aliphatic carbocycles. The number of rotatable bonds is 2. The van der Waals surface area contributed by atoms with Crippen molar-refractivity contribution in [2.75, 3.05) is 0 Å². The van der Waals surface area contributed by atoms with Crippen LogP contribution in [0.2, 0.25) is 0 Å². The van der Waals surface area contributed by atoms with Crippen LogP contribution in [-0.4, -0.2) is 15.6 Å². The summed E-state index contributed by atoms with van der Waals surface area (Å²) in [6.45, 7) is 5.90. The number of hydrazone groups is 1. The van der Waals surface area contributed by atoms with Crippen LogP contribution in [0, 0.1) is 6.92 Å². The highest BCUT2D eigenvalue weighted by Crippen LogP contribution is 2.03. The van der Waals surface area contributed by atoms with Gasteiger partial charge < -0.3 is 5.73 Å². The highest BCUT2D eigenvalue weighted by Gasteiger charge is 2.07. The van der Waals surface area contributed by atoms with E-state index < -0.39 is 0 Å². The van der Waals surface area contributed by atoms with Gasteiger partial charge in [0, 0.05) is 7.05 Å². The van der Waals surface area contributed by atoms with Gasteiger partial charge in [0.2, 0.25) is 0 Å². The summed E-state index contributed by atoms with van der Waals surface area (Å²) in [7, 11) is 1.79. The SMILES string of the molecule is CC.Cc1cnn(C)c1/C(N)=N/NN. The molecule has 0 fully saturated rings. The van der Waals surface area contributed by atoms with Crippen LogP contribution in [0.15, 0.2) is 11.3 Å². The third-order valence-electron chi connectivity index (χ3n) is 1.55. The fourth-order valence-corrected chi connectivity index (χ4v) is 1.04. The van der Waals surface area contributed by atoms with Crippen LogP contribution in [0.5, 0.6) is 0 Å². The van der Waals surface area contributed by atoms with E-state index >= 15 is 0 Å². The minimum Gasteiger partial charge on any atom is -0.380 e. The van der Waals surface area contributed by atoms with Gasteiger partial charge in [-0.3, -0.25) is 4.68 Å². The zero-order valence-corrected chi connectivity index (χ0v) is 9.07. The molecule has 0 unspecified atom stereocenters. The van der Waals surface area contributed by atoms with Gasteiger partial charge in [-0.2, -0.15) is 5.10 Å². The van der Waals surface area contributed by atoms with Crippen LogP contribution < -0.4 is 17.1 Å². The molecule has 1 rings (SSSR count). The molecule has 1 aromatic rings. The van der Waals surface area contributed by atoms with Crippen molar-refractivity contribution >= 4 is 5.84 Å². The summed E-state index contributed by atoms with van der Waals surface area (Å²) in [4.78, 5) is 0. The minimum absolute atomic E-state index is 0.329. The molecule has 6 heteroatoms. The van der Waals surface area contributed by atoms with Crippen LogP contribution >= 0.6 is 0 Å². The topological polar surface area (TPSA) is 94.2 Å². The van der Waals surface area contributed by atoms with Gasteiger partial charge in [-0.25, -0.2) is 11.4 Å². The predicted octanol–water partition coefficient (Wildman–Crippen LogP) is -0.162. The highest BCUT2D eigenvalue weighted by molar-refractivity contribution is 5.96. The quantitative estimate of drug-likeness (QED) is 0.266. The van der Waals surface area contributed by atoms with E-state index in [0.29, 0.717) is 5.84 Å². The van der Waals surface area contributed by atoms with Crippen molar-refractivity contribution < 1.29 is 0 Å². The Morgan fingerprint density at radius 1 is 1.57 bits per heavy atom. The summed E-state index contributed by atoms with van der Waals surface area (Å²) in [5.74, 6) is 5.32. The van der Waals surface area contributed by atoms with Crippen LogP contribution in [0.25, 0.3) is 0 Å². The molecule has 0 spiro atoms. The summed E-state index contributed by atoms with van der Waals surface area (Å²) < 4.78 is 1.64. The van der Waals surface area contributed by atoms with E-state index in [2.05, 4.69) is 15.7 Å². The summed E-state index contributed by atoms with van der Waals surface area (Å²) >= 11 is 0. The second-order valence-electron chi connectivity index (χ2n) is 2.43. The zero-order chi connectivity index (χ0) is 11.1. The standard InChI is InChI=1S/C6H12N6.C2H6/c1-4-3-9-12(2)5(4)6(7)10-11-8;1-2/h3,11H,8H2,1-2H3,(H2,7,10);1-2H3. The number of amidine groups is 1. The lowest BCUT2D eigenvalue weighted by Crippen LogP contribution is -2.25. The maximum Gasteiger partial charge on any atom is 0.170 e. The largest absolute Gasteiger partial charge is 0.380 e. The lowest BCUT2D eigenvalue weighted by molar-refractivity contribution is 0.749. The maximum absolute atomic E-state index is 5.60. The summed E-state index contributed by atoms with van der Waals surface area (Å²) in [6, 6.07) is 0. The van der Waals surface area contributed by atoms with Crippen molar-refractivity contribution in [3.63, 3.8) is 0 Å². The molecule has 0 amide bonds. The van der Waals surface area contributed by atoms with Crippen molar-refractivity contribution in [2.45, 2.75) is 20.8 Å². The average Bonchev–Trinajstić information content (AvgIpc) is 2.50. The fraction of sp³-hybridized carbons (Fsp3) is 0.500. The molecule has 0 saturated carbocycles. The van der Waals surface area contributed by atoms with E-state index in [4.69, 9.17) is 11.6 Å². The number of nitrogens with one attached hydrogen (secondary N) is 1. The van der Waals surface area contributed by atoms with Gasteiger partial charge in [0.1, 0.15) is 5.69 Å². The molecule has 0 bridgehead atoms. The van der Waals surface area contributed by atoms with Gasteiger partial charge in [0.05, 0.1) is 6.20 Å². The van der Waals surface area contributed by atoms with Crippen molar-refractivity contribution in [2.24, 2.45) is 23.7 Å². The van der Waals surface area contributed by atoms with Crippen molar-refractivity contribution in [3.05, 3.63) is 17.5 Å². The molecule has 14 heavy (non-hydrogen) atoms. The fourth-order valence-electron chi connectivity index (χ4n) is 1.04. The lowest BCUT2D eigenvalue weighted by atomic mass is 10.2. The number of aryl methyl sites for hydroxylation is 2. The Labute approximate surface area is 83.9 Å². The first-order valence-corrected chi connectivity index (χ1v) is 4.44. The van der Waals surface area contributed by atoms with Crippen LogP contribution in [0.3, 0.4) is 0 Å². The van der Waals surface area contributed by atoms with Gasteiger partial charge in [-0.1, -0.05) is 13.8 Å². The van der Waals surface area contributed by atoms with E-state index in [0.717, 1.165) is 11.3 Å². The molecule has 1 heterocycles. The van der Waals surface area contributed by atoms with Gasteiger partial charge in [-0.05, 0) is 12.5 Å². The normalized spacial score (nSPS) is 10.5. The van der Waals surface area contributed by atoms with Crippen LogP contribution in [-0.2, 0) is 7.05 Å². The molecule has 1 aromatic heterocycles. The van der Waals surface area contributed by atoms with Crippen molar-refractivity contribution in [3.8, 4) is 0 Å². The van der Waals surface area contributed by atoms with E-state index in [1.807, 2.05) is 20.8 Å². The predicted molar refractivity (Wildman–Crippen MR) is 57.3 cm³/mol. The van der Waals surface area contributed by atoms with E-state index in [9.17, 15) is 0 Å². The smallest absolute Gasteiger partial charge is 0.170 e. The van der Waals surface area contributed by atoms with Gasteiger partial charge in [-0.15, -0.1) is 5.10 Å². The van der Waals surface area contributed by atoms with E-state index in [1.54, 1.807) is 17.9 Å². The molecule has 0 atom stereocenters. The number of nitrogens with zero attached hydrogens (tertiary/aromatic N) is 3. The first-order valence-electron chi connectivity index (χ1n) is 4.44. The summed E-state index contributed by atoms with van der Waals surface area (Å²) in [5, 5.41) is 7.66. The molecule has 0 radical (unpaired) electrons. The second-order valence-corrected chi connectivity index (χ2v) is 2.43. The zero-order valence-electron chi connectivity index (χ0n) is 9.07. The lowest BCUT2D eigenvalue weighted by Gasteiger charge is -2.01. The van der Waals surface area contributed by atoms with E-state index in [-0.39, 0.29) is 0 Å². The van der Waals surface area contributed by atoms with Crippen molar-refractivity contribution in [1.29, 1.82) is 0 Å². The number of hydrogen-bond donors (Lipinski definition) is 3. The Bertz CT molecular complexity index is 281. The molecule has 5 N–H and O–H groups in total. The molecule has 6 nitrogen and oxygen atoms in total. The monoisotopic (exact) mass is 198 g/mol. The summed E-state index contributed by atoms with van der Waals surface area (Å²) in [6.07, 6.45) is 1.72. The van der Waals surface area contributed by atoms with Crippen LogP contribution in [0.1, 0.15) is 25.1 Å². The Morgan fingerprint density at radius 3 is 2.50 bits per heavy atom. The first-order chi connectivity index (χ1) is 6.66. The highest BCUT2D eigenvalue weighted by atomic mass is 15.5. The number of nitrogens with two attached hydrogens (primary N) is 2. The molecular formula is C8H18N6. The molecule has 80 valence electrons. The van der Waals surface area contributed by atoms with Gasteiger partial charge in [0.15, 0.2) is 5.84 Å². The molecular weight excluding hydrogens is 180 g/mol. The third-order valence-corrected chi connectivity index (χ3v) is 1.55. The molecule has 0 aromatic carbocycles. The minimum atomic E-state index is 0.329. The van der Waals surface area contributed by atoms with E-state index in [1.165, 1.54) is 0 Å². The Balaban J connectivity index is 0.000000791. The van der Waals surface area contributed by atoms with Crippen molar-refractivity contribution in [1.82, 2.24) is 15.3 Å². The Hall–Kier alpha value is -1.56.